The Balaban J connectivity index is 1.79. The number of rotatable bonds is 3. The topological polar surface area (TPSA) is 40.5 Å². The summed E-state index contributed by atoms with van der Waals surface area (Å²) in [5, 5.41) is 9.32. The van der Waals surface area contributed by atoms with Crippen molar-refractivity contribution in [2.24, 2.45) is 0 Å². The third kappa shape index (κ3) is 3.63. The lowest BCUT2D eigenvalue weighted by atomic mass is 10.1. The minimum atomic E-state index is -0.0753. The molecule has 3 rings (SSSR count). The number of amides is 1. The van der Waals surface area contributed by atoms with Crippen molar-refractivity contribution < 1.29 is 9.90 Å². The van der Waals surface area contributed by atoms with Gasteiger partial charge in [0.2, 0.25) is 0 Å². The molecule has 116 valence electrons. The van der Waals surface area contributed by atoms with Crippen LogP contribution in [0, 0.1) is 6.92 Å². The Kier molecular flexibility index (Phi) is 4.50. The van der Waals surface area contributed by atoms with E-state index in [0.717, 1.165) is 11.1 Å². The van der Waals surface area contributed by atoms with E-state index in [0.29, 0.717) is 15.8 Å². The summed E-state index contributed by atoms with van der Waals surface area (Å²) in [5.74, 6) is 0.128. The molecular formula is C18H15NO2S2. The van der Waals surface area contributed by atoms with Crippen LogP contribution in [0.1, 0.15) is 16.7 Å². The molecule has 0 unspecified atom stereocenters. The summed E-state index contributed by atoms with van der Waals surface area (Å²) in [7, 11) is 0. The van der Waals surface area contributed by atoms with Gasteiger partial charge in [-0.05, 0) is 36.3 Å². The first kappa shape index (κ1) is 15.8. The van der Waals surface area contributed by atoms with Crippen LogP contribution >= 0.6 is 24.0 Å². The Labute approximate surface area is 144 Å². The standard InChI is InChI=1S/C18H15NO2S2/c1-12-2-4-14(5-3-12)11-19-17(21)16(23-18(19)22)10-13-6-8-15(20)9-7-13/h2-10,20H,11H2,1H3/b16-10-. The SMILES string of the molecule is Cc1ccc(CN2C(=O)/C(=C/c3ccc(O)cc3)SC2=S)cc1. The molecule has 23 heavy (non-hydrogen) atoms. The Hall–Kier alpha value is -2.11. The second kappa shape index (κ2) is 6.56. The molecule has 0 radical (unpaired) electrons. The Morgan fingerprint density at radius 1 is 1.13 bits per heavy atom. The fourth-order valence-electron chi connectivity index (χ4n) is 2.23. The van der Waals surface area contributed by atoms with Crippen LogP contribution in [-0.4, -0.2) is 20.2 Å². The number of thiocarbonyl (C=S) groups is 1. The highest BCUT2D eigenvalue weighted by atomic mass is 32.2. The van der Waals surface area contributed by atoms with Crippen molar-refractivity contribution in [2.75, 3.05) is 0 Å². The Bertz CT molecular complexity index is 780. The van der Waals surface area contributed by atoms with Crippen LogP contribution in [-0.2, 0) is 11.3 Å². The van der Waals surface area contributed by atoms with Gasteiger partial charge >= 0.3 is 0 Å². The van der Waals surface area contributed by atoms with Gasteiger partial charge in [0.15, 0.2) is 0 Å². The van der Waals surface area contributed by atoms with Crippen LogP contribution < -0.4 is 0 Å². The summed E-state index contributed by atoms with van der Waals surface area (Å²) < 4.78 is 0.570. The van der Waals surface area contributed by atoms with E-state index in [1.54, 1.807) is 35.2 Å². The number of aryl methyl sites for hydroxylation is 1. The van der Waals surface area contributed by atoms with E-state index in [2.05, 4.69) is 0 Å². The molecule has 1 N–H and O–H groups in total. The molecule has 1 amide bonds. The maximum Gasteiger partial charge on any atom is 0.266 e. The lowest BCUT2D eigenvalue weighted by Crippen LogP contribution is -2.27. The first-order valence-electron chi connectivity index (χ1n) is 7.13. The first-order chi connectivity index (χ1) is 11.0. The van der Waals surface area contributed by atoms with Crippen molar-refractivity contribution in [1.82, 2.24) is 4.90 Å². The van der Waals surface area contributed by atoms with Gasteiger partial charge < -0.3 is 5.11 Å². The fourth-order valence-corrected chi connectivity index (χ4v) is 3.49. The lowest BCUT2D eigenvalue weighted by molar-refractivity contribution is -0.122. The average Bonchev–Trinajstić information content (AvgIpc) is 2.79. The molecule has 0 atom stereocenters. The van der Waals surface area contributed by atoms with Crippen molar-refractivity contribution in [3.63, 3.8) is 0 Å². The van der Waals surface area contributed by atoms with Crippen molar-refractivity contribution in [2.45, 2.75) is 13.5 Å². The summed E-state index contributed by atoms with van der Waals surface area (Å²) in [5.41, 5.74) is 3.10. The molecule has 0 spiro atoms. The number of benzene rings is 2. The molecule has 0 aromatic heterocycles. The largest absolute Gasteiger partial charge is 0.508 e. The summed E-state index contributed by atoms with van der Waals surface area (Å²) >= 11 is 6.65. The number of carbonyl (C=O) groups excluding carboxylic acids is 1. The zero-order valence-electron chi connectivity index (χ0n) is 12.5. The van der Waals surface area contributed by atoms with Crippen LogP contribution in [0.5, 0.6) is 5.75 Å². The van der Waals surface area contributed by atoms with Gasteiger partial charge in [-0.3, -0.25) is 9.69 Å². The van der Waals surface area contributed by atoms with Crippen molar-refractivity contribution in [3.8, 4) is 5.75 Å². The Morgan fingerprint density at radius 2 is 1.78 bits per heavy atom. The molecule has 3 nitrogen and oxygen atoms in total. The van der Waals surface area contributed by atoms with E-state index < -0.39 is 0 Å². The molecule has 1 saturated heterocycles. The smallest absolute Gasteiger partial charge is 0.266 e. The Morgan fingerprint density at radius 3 is 2.43 bits per heavy atom. The van der Waals surface area contributed by atoms with E-state index in [-0.39, 0.29) is 11.7 Å². The molecule has 2 aromatic rings. The third-order valence-corrected chi connectivity index (χ3v) is 4.90. The number of thioether (sulfide) groups is 1. The number of hydrogen-bond acceptors (Lipinski definition) is 4. The van der Waals surface area contributed by atoms with Gasteiger partial charge in [0.1, 0.15) is 10.1 Å². The highest BCUT2D eigenvalue weighted by Gasteiger charge is 2.31. The molecule has 1 heterocycles. The van der Waals surface area contributed by atoms with E-state index in [9.17, 15) is 9.90 Å². The van der Waals surface area contributed by atoms with Gasteiger partial charge in [0.25, 0.3) is 5.91 Å². The molecule has 0 bridgehead atoms. The maximum absolute atomic E-state index is 12.6. The maximum atomic E-state index is 12.6. The summed E-state index contributed by atoms with van der Waals surface area (Å²) in [6, 6.07) is 14.8. The van der Waals surface area contributed by atoms with Crippen LogP contribution in [0.4, 0.5) is 0 Å². The molecule has 0 saturated carbocycles. The van der Waals surface area contributed by atoms with Crippen LogP contribution in [0.3, 0.4) is 0 Å². The quantitative estimate of drug-likeness (QED) is 0.674. The zero-order valence-corrected chi connectivity index (χ0v) is 14.2. The number of nitrogens with zero attached hydrogens (tertiary/aromatic N) is 1. The highest BCUT2D eigenvalue weighted by Crippen LogP contribution is 2.33. The lowest BCUT2D eigenvalue weighted by Gasteiger charge is -2.14. The second-order valence-corrected chi connectivity index (χ2v) is 7.02. The van der Waals surface area contributed by atoms with Crippen LogP contribution in [0.15, 0.2) is 53.4 Å². The van der Waals surface area contributed by atoms with E-state index in [4.69, 9.17) is 12.2 Å². The molecule has 5 heteroatoms. The van der Waals surface area contributed by atoms with Gasteiger partial charge in [0.05, 0.1) is 11.4 Å². The zero-order chi connectivity index (χ0) is 16.4. The van der Waals surface area contributed by atoms with E-state index in [1.807, 2.05) is 31.2 Å². The normalized spacial score (nSPS) is 16.4. The van der Waals surface area contributed by atoms with E-state index in [1.165, 1.54) is 17.3 Å². The summed E-state index contributed by atoms with van der Waals surface area (Å²) in [6.45, 7) is 2.52. The van der Waals surface area contributed by atoms with Crippen LogP contribution in [0.25, 0.3) is 6.08 Å². The van der Waals surface area contributed by atoms with E-state index >= 15 is 0 Å². The number of carbonyl (C=O) groups is 1. The number of phenols is 1. The molecule has 1 aliphatic rings. The van der Waals surface area contributed by atoms with Crippen LogP contribution in [0.2, 0.25) is 0 Å². The van der Waals surface area contributed by atoms with Gasteiger partial charge in [-0.1, -0.05) is 65.9 Å². The predicted octanol–water partition coefficient (Wildman–Crippen LogP) is 4.10. The fraction of sp³-hybridized carbons (Fsp3) is 0.111. The van der Waals surface area contributed by atoms with Crippen molar-refractivity contribution >= 4 is 40.3 Å². The monoisotopic (exact) mass is 341 g/mol. The van der Waals surface area contributed by atoms with Gasteiger partial charge in [0, 0.05) is 0 Å². The van der Waals surface area contributed by atoms with Gasteiger partial charge in [-0.2, -0.15) is 0 Å². The summed E-state index contributed by atoms with van der Waals surface area (Å²) in [6.07, 6.45) is 1.80. The predicted molar refractivity (Wildman–Crippen MR) is 98.0 cm³/mol. The first-order valence-corrected chi connectivity index (χ1v) is 8.35. The second-order valence-electron chi connectivity index (χ2n) is 5.34. The number of hydrogen-bond donors (Lipinski definition) is 1. The van der Waals surface area contributed by atoms with Crippen molar-refractivity contribution in [1.29, 1.82) is 0 Å². The highest BCUT2D eigenvalue weighted by molar-refractivity contribution is 8.26. The number of phenolic OH excluding ortho intramolecular Hbond substituents is 1. The van der Waals surface area contributed by atoms with Gasteiger partial charge in [-0.25, -0.2) is 0 Å². The third-order valence-electron chi connectivity index (χ3n) is 3.53. The minimum Gasteiger partial charge on any atom is -0.508 e. The summed E-state index contributed by atoms with van der Waals surface area (Å²) in [4.78, 5) is 14.8. The molecule has 0 aliphatic carbocycles. The molecule has 2 aromatic carbocycles. The minimum absolute atomic E-state index is 0.0753. The molecule has 1 aliphatic heterocycles. The van der Waals surface area contributed by atoms with Gasteiger partial charge in [-0.15, -0.1) is 0 Å². The van der Waals surface area contributed by atoms with Crippen molar-refractivity contribution in [3.05, 3.63) is 70.1 Å². The molecule has 1 fully saturated rings. The number of aromatic hydroxyl groups is 1. The molecular weight excluding hydrogens is 326 g/mol. The average molecular weight is 341 g/mol.